The van der Waals surface area contributed by atoms with Crippen LogP contribution in [0.25, 0.3) is 110 Å². The highest BCUT2D eigenvalue weighted by Crippen LogP contribution is 2.69. The maximum Gasteiger partial charge on any atom is 0.144 e. The average Bonchev–Trinajstić information content (AvgIpc) is 1.49. The van der Waals surface area contributed by atoms with Gasteiger partial charge in [0.1, 0.15) is 33.5 Å². The SMILES string of the molecule is CCCCCCCCC1(CCCCCCCC)c2cc(N(c3ccc4c(c3)C(CCCCCCC)(CCCCCCC)c3c5c(c6c(oc7ccccc76)c3-4)-c3ccccc3C5(CCCCCCC)CCCCCCC)c3ccc4oc5ccccc5c4c3)ccc2-c2cc3c(cc21)-c1c(ccc2oc4ccccc4c12)C3(CCCCCCCC)CCCCCCCC. The molecule has 676 valence electrons. The molecule has 0 amide bonds. The normalized spacial score (nSPS) is 14.6. The van der Waals surface area contributed by atoms with Crippen molar-refractivity contribution in [2.75, 3.05) is 4.90 Å². The van der Waals surface area contributed by atoms with Crippen molar-refractivity contribution in [3.63, 3.8) is 0 Å². The van der Waals surface area contributed by atoms with Gasteiger partial charge in [-0.1, -0.05) is 435 Å². The summed E-state index contributed by atoms with van der Waals surface area (Å²) in [5.74, 6) is 0. The van der Waals surface area contributed by atoms with E-state index in [0.717, 1.165) is 59.2 Å². The van der Waals surface area contributed by atoms with Gasteiger partial charge in [0.15, 0.2) is 0 Å². The highest BCUT2D eigenvalue weighted by atomic mass is 16.3. The Labute approximate surface area is 771 Å². The van der Waals surface area contributed by atoms with E-state index in [1.165, 1.54) is 408 Å². The van der Waals surface area contributed by atoms with Gasteiger partial charge in [-0.05, 0) is 214 Å². The molecule has 3 aromatic heterocycles. The fraction of sp³-hybridized carbons (Fsp3) is 0.516. The smallest absolute Gasteiger partial charge is 0.144 e. The summed E-state index contributed by atoms with van der Waals surface area (Å²) in [6.07, 6.45) is 65.2. The van der Waals surface area contributed by atoms with Gasteiger partial charge in [0, 0.05) is 76.6 Å². The summed E-state index contributed by atoms with van der Waals surface area (Å²) in [6, 6.07) is 71.3. The van der Waals surface area contributed by atoms with Gasteiger partial charge in [-0.15, -0.1) is 0 Å². The molecular formula is C124H157NO3. The molecule has 4 aliphatic rings. The Bertz CT molecular complexity index is 5800. The highest BCUT2D eigenvalue weighted by Gasteiger charge is 2.55. The van der Waals surface area contributed by atoms with Crippen LogP contribution in [0.1, 0.15) is 434 Å². The van der Waals surface area contributed by atoms with Gasteiger partial charge in [-0.3, -0.25) is 0 Å². The molecule has 4 heteroatoms. The summed E-state index contributed by atoms with van der Waals surface area (Å²) >= 11 is 0. The third kappa shape index (κ3) is 17.7. The van der Waals surface area contributed by atoms with Crippen molar-refractivity contribution in [2.24, 2.45) is 0 Å². The number of furan rings is 3. The number of benzene rings is 10. The van der Waals surface area contributed by atoms with Crippen molar-refractivity contribution in [3.05, 3.63) is 220 Å². The molecular weight excluding hydrogens is 1550 g/mol. The second-order valence-electron chi connectivity index (χ2n) is 40.9. The highest BCUT2D eigenvalue weighted by molar-refractivity contribution is 6.21. The van der Waals surface area contributed by atoms with Crippen molar-refractivity contribution < 1.29 is 13.3 Å². The summed E-state index contributed by atoms with van der Waals surface area (Å²) in [5, 5.41) is 7.55. The monoisotopic (exact) mass is 1710 g/mol. The Balaban J connectivity index is 0.926. The average molecular weight is 1710 g/mol. The van der Waals surface area contributed by atoms with Crippen LogP contribution in [0.2, 0.25) is 0 Å². The first-order valence-electron chi connectivity index (χ1n) is 53.5. The molecule has 0 N–H and O–H groups in total. The van der Waals surface area contributed by atoms with Crippen LogP contribution in [0.5, 0.6) is 0 Å². The van der Waals surface area contributed by atoms with E-state index in [4.69, 9.17) is 13.3 Å². The van der Waals surface area contributed by atoms with Crippen LogP contribution in [0.3, 0.4) is 0 Å². The van der Waals surface area contributed by atoms with Crippen LogP contribution in [0, 0.1) is 0 Å². The molecule has 0 saturated carbocycles. The summed E-state index contributed by atoms with van der Waals surface area (Å²) in [6.45, 7) is 19.1. The molecule has 0 bridgehead atoms. The second-order valence-corrected chi connectivity index (χ2v) is 40.9. The standard InChI is InChI=1S/C124H157NO3/c1-9-17-25-33-41-53-77-121(78-54-42-34-26-18-10-2)103-74-76-112-114(97-63-47-51-67-109(97)127-112)113(103)101-89-106-99(88-107(101)121)93-72-69-91(86-104(93)122(106,79-55-43-35-27-19-11-3)80-56-44-36-28-20-12-4)125(90-71-75-111-100(85-90)94-61-46-50-66-108(94)126-111)92-70-73-96-105(87-92)124(83-59-39-31-23-15-7,84-60-40-32-24-16-8)119-117(96)120-116(98-64-48-52-68-110(98)128-120)115-95-62-45-49-65-102(95)123(118(115)119,81-57-37-29-21-13-5)82-58-38-30-22-14-6/h45-52,61-76,85-89H,9-44,53-60,77-84H2,1-8H3. The largest absolute Gasteiger partial charge is 0.456 e. The lowest BCUT2D eigenvalue weighted by molar-refractivity contribution is 0.369. The Morgan fingerprint density at radius 2 is 0.531 bits per heavy atom. The number of unbranched alkanes of at least 4 members (excludes halogenated alkanes) is 36. The van der Waals surface area contributed by atoms with E-state index in [1.54, 1.807) is 38.9 Å². The molecule has 17 rings (SSSR count). The van der Waals surface area contributed by atoms with Gasteiger partial charge >= 0.3 is 0 Å². The third-order valence-corrected chi connectivity index (χ3v) is 32.4. The minimum atomic E-state index is -0.305. The van der Waals surface area contributed by atoms with Crippen molar-refractivity contribution in [3.8, 4) is 44.5 Å². The van der Waals surface area contributed by atoms with Gasteiger partial charge in [-0.2, -0.15) is 0 Å². The Hall–Kier alpha value is -8.60. The van der Waals surface area contributed by atoms with E-state index in [0.29, 0.717) is 0 Å². The lowest BCUT2D eigenvalue weighted by atomic mass is 9.62. The predicted octanol–water partition coefficient (Wildman–Crippen LogP) is 40.4. The van der Waals surface area contributed by atoms with Crippen LogP contribution >= 0.6 is 0 Å². The van der Waals surface area contributed by atoms with Gasteiger partial charge in [0.25, 0.3) is 0 Å². The summed E-state index contributed by atoms with van der Waals surface area (Å²) in [5.41, 5.74) is 33.4. The van der Waals surface area contributed by atoms with E-state index in [2.05, 4.69) is 236 Å². The van der Waals surface area contributed by atoms with E-state index >= 15 is 0 Å². The molecule has 0 saturated heterocycles. The Morgan fingerprint density at radius 1 is 0.203 bits per heavy atom. The number of para-hydroxylation sites is 3. The summed E-state index contributed by atoms with van der Waals surface area (Å²) < 4.78 is 21.8. The van der Waals surface area contributed by atoms with Crippen molar-refractivity contribution in [2.45, 2.75) is 411 Å². The van der Waals surface area contributed by atoms with Crippen LogP contribution in [-0.2, 0) is 21.7 Å². The lowest BCUT2D eigenvalue weighted by Crippen LogP contribution is -2.33. The molecule has 4 nitrogen and oxygen atoms in total. The molecule has 0 radical (unpaired) electrons. The maximum absolute atomic E-state index is 7.83. The van der Waals surface area contributed by atoms with Gasteiger partial charge in [0.05, 0.1) is 0 Å². The third-order valence-electron chi connectivity index (χ3n) is 32.4. The zero-order valence-electron chi connectivity index (χ0n) is 80.7. The first kappa shape index (κ1) is 91.3. The van der Waals surface area contributed by atoms with E-state index in [-0.39, 0.29) is 21.7 Å². The molecule has 13 aromatic rings. The first-order chi connectivity index (χ1) is 63.2. The Morgan fingerprint density at radius 3 is 1.04 bits per heavy atom. The molecule has 0 fully saturated rings. The van der Waals surface area contributed by atoms with Gasteiger partial charge < -0.3 is 18.2 Å². The molecule has 0 atom stereocenters. The summed E-state index contributed by atoms with van der Waals surface area (Å²) in [7, 11) is 0. The maximum atomic E-state index is 7.83. The molecule has 4 aliphatic carbocycles. The molecule has 0 spiro atoms. The fourth-order valence-corrected chi connectivity index (χ4v) is 25.9. The number of anilines is 3. The zero-order chi connectivity index (χ0) is 87.9. The van der Waals surface area contributed by atoms with Gasteiger partial charge in [0.2, 0.25) is 0 Å². The zero-order valence-corrected chi connectivity index (χ0v) is 80.7. The van der Waals surface area contributed by atoms with E-state index in [1.807, 2.05) is 0 Å². The molecule has 0 unspecified atom stereocenters. The van der Waals surface area contributed by atoms with Crippen LogP contribution in [0.4, 0.5) is 17.1 Å². The second kappa shape index (κ2) is 42.7. The Kier molecular flexibility index (Phi) is 30.5. The van der Waals surface area contributed by atoms with Gasteiger partial charge in [-0.25, -0.2) is 0 Å². The molecule has 128 heavy (non-hydrogen) atoms. The molecule has 0 aliphatic heterocycles. The molecule has 3 heterocycles. The number of rotatable bonds is 55. The number of nitrogens with zero attached hydrogens (tertiary/aromatic N) is 1. The number of fused-ring (bicyclic) bond motifs is 25. The minimum Gasteiger partial charge on any atom is -0.456 e. The summed E-state index contributed by atoms with van der Waals surface area (Å²) in [4.78, 5) is 2.78. The quantitative estimate of drug-likeness (QED) is 0.0356. The van der Waals surface area contributed by atoms with Crippen molar-refractivity contribution >= 4 is 82.9 Å². The number of hydrogen-bond donors (Lipinski definition) is 0. The van der Waals surface area contributed by atoms with Crippen LogP contribution in [-0.4, -0.2) is 0 Å². The topological polar surface area (TPSA) is 42.7 Å². The first-order valence-corrected chi connectivity index (χ1v) is 53.5. The van der Waals surface area contributed by atoms with Crippen molar-refractivity contribution in [1.29, 1.82) is 0 Å². The predicted molar refractivity (Wildman–Crippen MR) is 553 cm³/mol. The fourth-order valence-electron chi connectivity index (χ4n) is 25.9. The minimum absolute atomic E-state index is 0.129. The van der Waals surface area contributed by atoms with Crippen LogP contribution in [0.15, 0.2) is 189 Å². The van der Waals surface area contributed by atoms with E-state index < -0.39 is 0 Å². The van der Waals surface area contributed by atoms with E-state index in [9.17, 15) is 0 Å². The molecule has 10 aromatic carbocycles. The van der Waals surface area contributed by atoms with Crippen molar-refractivity contribution in [1.82, 2.24) is 0 Å². The lowest BCUT2D eigenvalue weighted by Gasteiger charge is -2.40. The number of hydrogen-bond acceptors (Lipinski definition) is 4. The van der Waals surface area contributed by atoms with Crippen LogP contribution < -0.4 is 4.90 Å².